The van der Waals surface area contributed by atoms with Crippen molar-refractivity contribution in [2.45, 2.75) is 58.5 Å². The molecule has 0 aliphatic heterocycles. The molecule has 0 saturated heterocycles. The van der Waals surface area contributed by atoms with Crippen molar-refractivity contribution >= 4 is 22.5 Å². The Morgan fingerprint density at radius 3 is 2.79 bits per heavy atom. The van der Waals surface area contributed by atoms with Gasteiger partial charge in [0.1, 0.15) is 16.9 Å². The highest BCUT2D eigenvalue weighted by Crippen LogP contribution is 2.36. The van der Waals surface area contributed by atoms with Crippen LogP contribution in [0.2, 0.25) is 0 Å². The summed E-state index contributed by atoms with van der Waals surface area (Å²) in [5.41, 5.74) is 8.64. The first kappa shape index (κ1) is 20.8. The third-order valence-electron chi connectivity index (χ3n) is 6.51. The van der Waals surface area contributed by atoms with E-state index in [0.717, 1.165) is 25.7 Å². The van der Waals surface area contributed by atoms with E-state index in [1.807, 2.05) is 6.92 Å². The number of hydrogen-bond acceptors (Lipinski definition) is 6. The number of nitriles is 1. The van der Waals surface area contributed by atoms with E-state index in [-0.39, 0.29) is 23.4 Å². The fraction of sp³-hybridized carbons (Fsp3) is 0.435. The number of halogens is 2. The molecule has 176 valence electrons. The third-order valence-corrected chi connectivity index (χ3v) is 6.51. The number of hydrogen-bond donors (Lipinski definition) is 2. The van der Waals surface area contributed by atoms with Crippen molar-refractivity contribution < 1.29 is 10.2 Å². The second kappa shape index (κ2) is 8.20. The zero-order chi connectivity index (χ0) is 24.9. The van der Waals surface area contributed by atoms with Gasteiger partial charge in [-0.2, -0.15) is 10.2 Å². The Morgan fingerprint density at radius 1 is 1.32 bits per heavy atom. The Balaban J connectivity index is 1.56. The van der Waals surface area contributed by atoms with Crippen LogP contribution in [0.5, 0.6) is 0 Å². The molecule has 4 heterocycles. The van der Waals surface area contributed by atoms with Gasteiger partial charge in [0, 0.05) is 11.7 Å². The SMILES string of the molecule is [2H]c1cc(-c2ccc3nc(C)n(CC(F)F)c3n2)c2c(N)nc(=NC3CCC(C)(C#N)CC3)[nH]n12. The van der Waals surface area contributed by atoms with Crippen LogP contribution < -0.4 is 11.4 Å². The molecule has 4 aromatic rings. The molecule has 0 aromatic carbocycles. The predicted octanol–water partition coefficient (Wildman–Crippen LogP) is 3.60. The second-order valence-corrected chi connectivity index (χ2v) is 9.04. The summed E-state index contributed by atoms with van der Waals surface area (Å²) in [6.45, 7) is 3.13. The lowest BCUT2D eigenvalue weighted by Crippen LogP contribution is -2.28. The number of aromatic amines is 1. The van der Waals surface area contributed by atoms with Gasteiger partial charge in [0.15, 0.2) is 11.5 Å². The van der Waals surface area contributed by atoms with E-state index >= 15 is 0 Å². The quantitative estimate of drug-likeness (QED) is 0.475. The maximum atomic E-state index is 13.1. The maximum Gasteiger partial charge on any atom is 0.256 e. The topological polar surface area (TPSA) is 126 Å². The number of pyridine rings is 1. The Kier molecular flexibility index (Phi) is 5.01. The smallest absolute Gasteiger partial charge is 0.256 e. The molecular weight excluding hydrogens is 440 g/mol. The maximum absolute atomic E-state index is 13.1. The van der Waals surface area contributed by atoms with Crippen molar-refractivity contribution in [3.63, 3.8) is 0 Å². The van der Waals surface area contributed by atoms with Gasteiger partial charge in [-0.25, -0.2) is 23.7 Å². The molecular formula is C23H25F2N9. The summed E-state index contributed by atoms with van der Waals surface area (Å²) < 4.78 is 37.5. The predicted molar refractivity (Wildman–Crippen MR) is 123 cm³/mol. The summed E-state index contributed by atoms with van der Waals surface area (Å²) in [6, 6.07) is 7.44. The first-order valence-electron chi connectivity index (χ1n) is 11.6. The van der Waals surface area contributed by atoms with Crippen LogP contribution in [-0.4, -0.2) is 41.6 Å². The number of aryl methyl sites for hydroxylation is 1. The Morgan fingerprint density at radius 2 is 2.09 bits per heavy atom. The zero-order valence-corrected chi connectivity index (χ0v) is 18.9. The fourth-order valence-electron chi connectivity index (χ4n) is 4.54. The van der Waals surface area contributed by atoms with E-state index in [4.69, 9.17) is 7.10 Å². The molecule has 34 heavy (non-hydrogen) atoms. The lowest BCUT2D eigenvalue weighted by Gasteiger charge is -2.29. The molecule has 0 bridgehead atoms. The minimum atomic E-state index is -2.54. The first-order chi connectivity index (χ1) is 16.7. The minimum absolute atomic E-state index is 0.0173. The molecule has 11 heteroatoms. The largest absolute Gasteiger partial charge is 0.382 e. The second-order valence-electron chi connectivity index (χ2n) is 9.04. The van der Waals surface area contributed by atoms with Gasteiger partial charge < -0.3 is 10.3 Å². The highest BCUT2D eigenvalue weighted by molar-refractivity contribution is 5.88. The van der Waals surface area contributed by atoms with Crippen LogP contribution in [0.4, 0.5) is 14.6 Å². The summed E-state index contributed by atoms with van der Waals surface area (Å²) in [6.07, 6.45) is 0.669. The average molecular weight is 467 g/mol. The van der Waals surface area contributed by atoms with Crippen LogP contribution in [0.1, 0.15) is 39.8 Å². The van der Waals surface area contributed by atoms with Crippen LogP contribution in [0, 0.1) is 23.7 Å². The van der Waals surface area contributed by atoms with E-state index in [2.05, 4.69) is 31.1 Å². The highest BCUT2D eigenvalue weighted by atomic mass is 19.3. The number of anilines is 1. The molecule has 0 amide bonds. The van der Waals surface area contributed by atoms with Gasteiger partial charge in [0.2, 0.25) is 5.62 Å². The van der Waals surface area contributed by atoms with Crippen LogP contribution >= 0.6 is 0 Å². The lowest BCUT2D eigenvalue weighted by atomic mass is 9.75. The number of aromatic nitrogens is 6. The van der Waals surface area contributed by atoms with Crippen molar-refractivity contribution in [3.05, 3.63) is 35.8 Å². The standard InChI is InChI=1S/C23H25F2N9/c1-13-28-17-4-3-16(30-21(17)33(13)11-18(24)25)15-7-10-34-19(15)20(27)31-22(32-34)29-14-5-8-23(2,12-26)9-6-14/h3-4,7,10,14,18H,5-6,8-9,11H2,1-2H3,(H3,27,29,31,32)/i10D. The summed E-state index contributed by atoms with van der Waals surface area (Å²) in [5.74, 6) is 0.624. The molecule has 9 nitrogen and oxygen atoms in total. The number of alkyl halides is 2. The molecule has 1 aliphatic rings. The number of H-pyrrole nitrogens is 1. The van der Waals surface area contributed by atoms with E-state index in [0.29, 0.717) is 39.4 Å². The summed E-state index contributed by atoms with van der Waals surface area (Å²) in [5, 5.41) is 12.4. The average Bonchev–Trinajstić information content (AvgIpc) is 3.31. The molecule has 0 radical (unpaired) electrons. The number of rotatable bonds is 4. The zero-order valence-electron chi connectivity index (χ0n) is 19.9. The Bertz CT molecular complexity index is 1530. The monoisotopic (exact) mass is 466 g/mol. The number of nitrogen functional groups attached to an aromatic ring is 1. The normalized spacial score (nSPS) is 21.9. The van der Waals surface area contributed by atoms with E-state index in [9.17, 15) is 14.0 Å². The Labute approximate surface area is 195 Å². The summed E-state index contributed by atoms with van der Waals surface area (Å²) >= 11 is 0. The van der Waals surface area contributed by atoms with E-state index in [1.54, 1.807) is 25.1 Å². The number of fused-ring (bicyclic) bond motifs is 2. The van der Waals surface area contributed by atoms with Crippen molar-refractivity contribution in [3.8, 4) is 17.3 Å². The van der Waals surface area contributed by atoms with Gasteiger partial charge in [-0.05, 0) is 57.7 Å². The first-order valence-corrected chi connectivity index (χ1v) is 11.1. The number of nitrogens with two attached hydrogens (primary N) is 1. The van der Waals surface area contributed by atoms with Gasteiger partial charge in [-0.3, -0.25) is 9.61 Å². The van der Waals surface area contributed by atoms with Crippen LogP contribution in [0.3, 0.4) is 0 Å². The summed E-state index contributed by atoms with van der Waals surface area (Å²) in [4.78, 5) is 18.0. The molecule has 3 N–H and O–H groups in total. The molecule has 0 atom stereocenters. The molecule has 0 unspecified atom stereocenters. The third kappa shape index (κ3) is 3.89. The van der Waals surface area contributed by atoms with Gasteiger partial charge in [-0.1, -0.05) is 0 Å². The fourth-order valence-corrected chi connectivity index (χ4v) is 4.54. The van der Waals surface area contributed by atoms with Gasteiger partial charge in [0.05, 0.1) is 31.1 Å². The molecule has 1 saturated carbocycles. The van der Waals surface area contributed by atoms with Gasteiger partial charge in [-0.15, -0.1) is 0 Å². The van der Waals surface area contributed by atoms with Crippen molar-refractivity contribution in [2.75, 3.05) is 5.73 Å². The van der Waals surface area contributed by atoms with Gasteiger partial charge >= 0.3 is 0 Å². The highest BCUT2D eigenvalue weighted by Gasteiger charge is 2.30. The molecule has 1 aliphatic carbocycles. The summed E-state index contributed by atoms with van der Waals surface area (Å²) in [7, 11) is 0. The Hall–Kier alpha value is -3.81. The van der Waals surface area contributed by atoms with Gasteiger partial charge in [0.25, 0.3) is 6.43 Å². The molecule has 1 fully saturated rings. The number of nitrogens with one attached hydrogen (secondary N) is 1. The van der Waals surface area contributed by atoms with E-state index in [1.165, 1.54) is 9.08 Å². The number of nitrogens with zero attached hydrogens (tertiary/aromatic N) is 7. The van der Waals surface area contributed by atoms with Crippen molar-refractivity contribution in [1.82, 2.24) is 29.1 Å². The number of imidazole rings is 1. The van der Waals surface area contributed by atoms with Crippen LogP contribution in [0.25, 0.3) is 27.9 Å². The van der Waals surface area contributed by atoms with E-state index < -0.39 is 13.0 Å². The van der Waals surface area contributed by atoms with Crippen molar-refractivity contribution in [1.29, 1.82) is 5.26 Å². The molecule has 4 aromatic heterocycles. The van der Waals surface area contributed by atoms with Crippen LogP contribution in [0.15, 0.2) is 29.4 Å². The van der Waals surface area contributed by atoms with Crippen molar-refractivity contribution in [2.24, 2.45) is 10.4 Å². The molecule has 5 rings (SSSR count). The minimum Gasteiger partial charge on any atom is -0.382 e. The molecule has 0 spiro atoms. The van der Waals surface area contributed by atoms with Crippen LogP contribution in [-0.2, 0) is 6.54 Å². The lowest BCUT2D eigenvalue weighted by molar-refractivity contribution is 0.127.